The van der Waals surface area contributed by atoms with Crippen LogP contribution in [0.25, 0.3) is 0 Å². The van der Waals surface area contributed by atoms with Crippen molar-refractivity contribution in [1.29, 1.82) is 0 Å². The first kappa shape index (κ1) is 9.43. The highest BCUT2D eigenvalue weighted by molar-refractivity contribution is 7.09. The number of hydrogen-bond donors (Lipinski definition) is 1. The van der Waals surface area contributed by atoms with Gasteiger partial charge in [-0.15, -0.1) is 11.3 Å². The SMILES string of the molecule is Clc1cncc(NCc2nccs2)c1. The summed E-state index contributed by atoms with van der Waals surface area (Å²) >= 11 is 7.41. The average molecular weight is 226 g/mol. The van der Waals surface area contributed by atoms with Crippen molar-refractivity contribution in [2.45, 2.75) is 6.54 Å². The van der Waals surface area contributed by atoms with Gasteiger partial charge in [0, 0.05) is 17.8 Å². The molecule has 72 valence electrons. The molecule has 1 N–H and O–H groups in total. The van der Waals surface area contributed by atoms with Gasteiger partial charge >= 0.3 is 0 Å². The molecule has 0 aliphatic heterocycles. The van der Waals surface area contributed by atoms with Crippen LogP contribution in [0.15, 0.2) is 30.0 Å². The second-order valence-corrected chi connectivity index (χ2v) is 4.09. The smallest absolute Gasteiger partial charge is 0.112 e. The summed E-state index contributed by atoms with van der Waals surface area (Å²) in [7, 11) is 0. The Balaban J connectivity index is 1.98. The number of thiazole rings is 1. The predicted octanol–water partition coefficient (Wildman–Crippen LogP) is 2.80. The topological polar surface area (TPSA) is 37.8 Å². The molecule has 0 saturated heterocycles. The molecule has 0 aromatic carbocycles. The Morgan fingerprint density at radius 2 is 2.36 bits per heavy atom. The van der Waals surface area contributed by atoms with E-state index in [0.29, 0.717) is 11.6 Å². The molecule has 0 fully saturated rings. The molecule has 2 aromatic heterocycles. The van der Waals surface area contributed by atoms with Crippen molar-refractivity contribution in [2.75, 3.05) is 5.32 Å². The summed E-state index contributed by atoms with van der Waals surface area (Å²) in [6.07, 6.45) is 5.13. The third kappa shape index (κ3) is 2.43. The Labute approximate surface area is 90.8 Å². The lowest BCUT2D eigenvalue weighted by molar-refractivity contribution is 1.10. The molecule has 0 saturated carbocycles. The van der Waals surface area contributed by atoms with Gasteiger partial charge in [0.1, 0.15) is 5.01 Å². The molecule has 0 bridgehead atoms. The van der Waals surface area contributed by atoms with Gasteiger partial charge in [-0.05, 0) is 6.07 Å². The highest BCUT2D eigenvalue weighted by atomic mass is 35.5. The average Bonchev–Trinajstić information content (AvgIpc) is 2.67. The lowest BCUT2D eigenvalue weighted by atomic mass is 10.4. The van der Waals surface area contributed by atoms with Gasteiger partial charge < -0.3 is 5.32 Å². The van der Waals surface area contributed by atoms with Crippen molar-refractivity contribution in [3.63, 3.8) is 0 Å². The van der Waals surface area contributed by atoms with E-state index in [2.05, 4.69) is 15.3 Å². The standard InChI is InChI=1S/C9H8ClN3S/c10-7-3-8(5-11-4-7)13-6-9-12-1-2-14-9/h1-5,13H,6H2. The number of nitrogens with one attached hydrogen (secondary N) is 1. The van der Waals surface area contributed by atoms with E-state index in [1.807, 2.05) is 11.4 Å². The zero-order chi connectivity index (χ0) is 9.80. The molecule has 2 rings (SSSR count). The number of rotatable bonds is 3. The van der Waals surface area contributed by atoms with Crippen molar-refractivity contribution < 1.29 is 0 Å². The van der Waals surface area contributed by atoms with Crippen LogP contribution < -0.4 is 5.32 Å². The van der Waals surface area contributed by atoms with E-state index in [9.17, 15) is 0 Å². The molecule has 5 heteroatoms. The van der Waals surface area contributed by atoms with E-state index >= 15 is 0 Å². The maximum Gasteiger partial charge on any atom is 0.112 e. The fourth-order valence-electron chi connectivity index (χ4n) is 1.03. The fourth-order valence-corrected chi connectivity index (χ4v) is 1.76. The summed E-state index contributed by atoms with van der Waals surface area (Å²) in [4.78, 5) is 8.13. The highest BCUT2D eigenvalue weighted by Gasteiger charge is 1.96. The first-order valence-corrected chi connectivity index (χ1v) is 5.33. The summed E-state index contributed by atoms with van der Waals surface area (Å²) in [6, 6.07) is 1.84. The first-order valence-electron chi connectivity index (χ1n) is 4.07. The molecular formula is C9H8ClN3S. The normalized spacial score (nSPS) is 10.1. The zero-order valence-corrected chi connectivity index (χ0v) is 8.85. The quantitative estimate of drug-likeness (QED) is 0.873. The molecule has 2 aromatic rings. The van der Waals surface area contributed by atoms with Crippen LogP contribution in [0.2, 0.25) is 5.02 Å². The van der Waals surface area contributed by atoms with Gasteiger partial charge in [0.15, 0.2) is 0 Å². The Hall–Kier alpha value is -1.13. The predicted molar refractivity (Wildman–Crippen MR) is 58.7 cm³/mol. The van der Waals surface area contributed by atoms with Gasteiger partial charge in [-0.3, -0.25) is 4.98 Å². The van der Waals surface area contributed by atoms with Crippen LogP contribution >= 0.6 is 22.9 Å². The Bertz CT molecular complexity index is 402. The highest BCUT2D eigenvalue weighted by Crippen LogP contribution is 2.14. The van der Waals surface area contributed by atoms with Crippen LogP contribution in [-0.4, -0.2) is 9.97 Å². The van der Waals surface area contributed by atoms with Crippen LogP contribution in [-0.2, 0) is 6.54 Å². The maximum atomic E-state index is 5.79. The van der Waals surface area contributed by atoms with Gasteiger partial charge in [0.2, 0.25) is 0 Å². The van der Waals surface area contributed by atoms with Crippen molar-refractivity contribution in [1.82, 2.24) is 9.97 Å². The Kier molecular flexibility index (Phi) is 2.96. The van der Waals surface area contributed by atoms with E-state index in [-0.39, 0.29) is 0 Å². The molecule has 0 spiro atoms. The van der Waals surface area contributed by atoms with Crippen LogP contribution in [0, 0.1) is 0 Å². The van der Waals surface area contributed by atoms with Crippen LogP contribution in [0.4, 0.5) is 5.69 Å². The molecule has 0 atom stereocenters. The molecule has 0 unspecified atom stereocenters. The number of pyridine rings is 1. The summed E-state index contributed by atoms with van der Waals surface area (Å²) in [6.45, 7) is 0.708. The molecule has 0 radical (unpaired) electrons. The second-order valence-electron chi connectivity index (χ2n) is 2.67. The van der Waals surface area contributed by atoms with E-state index in [1.54, 1.807) is 29.9 Å². The first-order chi connectivity index (χ1) is 6.84. The van der Waals surface area contributed by atoms with E-state index in [0.717, 1.165) is 10.7 Å². The lowest BCUT2D eigenvalue weighted by Crippen LogP contribution is -1.98. The number of nitrogens with zero attached hydrogens (tertiary/aromatic N) is 2. The maximum absolute atomic E-state index is 5.79. The molecule has 3 nitrogen and oxygen atoms in total. The number of anilines is 1. The minimum atomic E-state index is 0.633. The molecule has 0 amide bonds. The summed E-state index contributed by atoms with van der Waals surface area (Å²) in [5.41, 5.74) is 0.910. The Morgan fingerprint density at radius 3 is 3.07 bits per heavy atom. The summed E-state index contributed by atoms with van der Waals surface area (Å²) in [5.74, 6) is 0. The van der Waals surface area contributed by atoms with Crippen LogP contribution in [0.1, 0.15) is 5.01 Å². The van der Waals surface area contributed by atoms with Gasteiger partial charge in [-0.2, -0.15) is 0 Å². The molecule has 14 heavy (non-hydrogen) atoms. The minimum absolute atomic E-state index is 0.633. The van der Waals surface area contributed by atoms with Crippen molar-refractivity contribution >= 4 is 28.6 Å². The zero-order valence-electron chi connectivity index (χ0n) is 7.27. The Morgan fingerprint density at radius 1 is 1.43 bits per heavy atom. The van der Waals surface area contributed by atoms with Crippen LogP contribution in [0.5, 0.6) is 0 Å². The molecule has 2 heterocycles. The van der Waals surface area contributed by atoms with E-state index < -0.39 is 0 Å². The fraction of sp³-hybridized carbons (Fsp3) is 0.111. The monoisotopic (exact) mass is 225 g/mol. The molecule has 0 aliphatic carbocycles. The summed E-state index contributed by atoms with van der Waals surface area (Å²) in [5, 5.41) is 6.82. The largest absolute Gasteiger partial charge is 0.377 e. The van der Waals surface area contributed by atoms with Crippen molar-refractivity contribution in [2.24, 2.45) is 0 Å². The lowest BCUT2D eigenvalue weighted by Gasteiger charge is -2.02. The third-order valence-corrected chi connectivity index (χ3v) is 2.62. The van der Waals surface area contributed by atoms with Crippen molar-refractivity contribution in [3.8, 4) is 0 Å². The molecular weight excluding hydrogens is 218 g/mol. The summed E-state index contributed by atoms with van der Waals surface area (Å²) < 4.78 is 0. The van der Waals surface area contributed by atoms with Gasteiger partial charge in [0.25, 0.3) is 0 Å². The number of aromatic nitrogens is 2. The van der Waals surface area contributed by atoms with Crippen LogP contribution in [0.3, 0.4) is 0 Å². The third-order valence-electron chi connectivity index (χ3n) is 1.63. The van der Waals surface area contributed by atoms with Crippen molar-refractivity contribution in [3.05, 3.63) is 40.1 Å². The molecule has 0 aliphatic rings. The second kappa shape index (κ2) is 4.39. The van der Waals surface area contributed by atoms with E-state index in [1.165, 1.54) is 0 Å². The number of halogens is 1. The van der Waals surface area contributed by atoms with Gasteiger partial charge in [-0.25, -0.2) is 4.98 Å². The van der Waals surface area contributed by atoms with Gasteiger partial charge in [0.05, 0.1) is 23.5 Å². The minimum Gasteiger partial charge on any atom is -0.377 e. The van der Waals surface area contributed by atoms with E-state index in [4.69, 9.17) is 11.6 Å². The number of hydrogen-bond acceptors (Lipinski definition) is 4. The van der Waals surface area contributed by atoms with Gasteiger partial charge in [-0.1, -0.05) is 11.6 Å².